The Bertz CT molecular complexity index is 480. The standard InChI is InChI=1S/C12H12N2O3/c1-8(15)9-4-2-3-5-10(9)14-6-11(16)13-12(17)7-14/h2-5H,6-7H2,1H3,(H,13,16,17). The van der Waals surface area contributed by atoms with Gasteiger partial charge in [-0.15, -0.1) is 0 Å². The molecule has 17 heavy (non-hydrogen) atoms. The van der Waals surface area contributed by atoms with E-state index in [1.807, 2.05) is 0 Å². The first-order chi connectivity index (χ1) is 8.08. The van der Waals surface area contributed by atoms with Crippen molar-refractivity contribution in [3.8, 4) is 0 Å². The van der Waals surface area contributed by atoms with Crippen LogP contribution in [0.3, 0.4) is 0 Å². The third-order valence-corrected chi connectivity index (χ3v) is 2.57. The molecule has 5 nitrogen and oxygen atoms in total. The number of rotatable bonds is 2. The van der Waals surface area contributed by atoms with Crippen molar-refractivity contribution in [2.75, 3.05) is 18.0 Å². The Morgan fingerprint density at radius 3 is 2.35 bits per heavy atom. The van der Waals surface area contributed by atoms with Crippen LogP contribution in [0.1, 0.15) is 17.3 Å². The molecule has 1 aliphatic rings. The number of carbonyl (C=O) groups excluding carboxylic acids is 3. The van der Waals surface area contributed by atoms with Crippen molar-refractivity contribution < 1.29 is 14.4 Å². The quantitative estimate of drug-likeness (QED) is 0.590. The van der Waals surface area contributed by atoms with Crippen LogP contribution in [0.2, 0.25) is 0 Å². The van der Waals surface area contributed by atoms with Gasteiger partial charge in [-0.1, -0.05) is 12.1 Å². The van der Waals surface area contributed by atoms with Gasteiger partial charge in [0, 0.05) is 11.3 Å². The molecule has 0 saturated carbocycles. The van der Waals surface area contributed by atoms with Crippen molar-refractivity contribution in [3.63, 3.8) is 0 Å². The molecular formula is C12H12N2O3. The summed E-state index contributed by atoms with van der Waals surface area (Å²) in [4.78, 5) is 35.6. The van der Waals surface area contributed by atoms with Crippen LogP contribution >= 0.6 is 0 Å². The van der Waals surface area contributed by atoms with E-state index in [1.165, 1.54) is 6.92 Å². The molecule has 0 aliphatic carbocycles. The maximum Gasteiger partial charge on any atom is 0.246 e. The van der Waals surface area contributed by atoms with Gasteiger partial charge in [-0.05, 0) is 19.1 Å². The molecule has 1 N–H and O–H groups in total. The molecular weight excluding hydrogens is 220 g/mol. The number of amides is 2. The highest BCUT2D eigenvalue weighted by Crippen LogP contribution is 2.21. The normalized spacial score (nSPS) is 15.7. The topological polar surface area (TPSA) is 66.5 Å². The molecule has 1 aliphatic heterocycles. The van der Waals surface area contributed by atoms with Crippen molar-refractivity contribution in [2.24, 2.45) is 0 Å². The SMILES string of the molecule is CC(=O)c1ccccc1N1CC(=O)NC(=O)C1. The van der Waals surface area contributed by atoms with Crippen molar-refractivity contribution >= 4 is 23.3 Å². The number of piperazine rings is 1. The first kappa shape index (κ1) is 11.3. The number of benzene rings is 1. The van der Waals surface area contributed by atoms with Crippen LogP contribution in [-0.2, 0) is 9.59 Å². The van der Waals surface area contributed by atoms with Crippen LogP contribution in [0.15, 0.2) is 24.3 Å². The maximum atomic E-state index is 11.5. The van der Waals surface area contributed by atoms with Gasteiger partial charge in [-0.25, -0.2) is 0 Å². The average Bonchev–Trinajstić information content (AvgIpc) is 2.27. The molecule has 1 saturated heterocycles. The number of hydrogen-bond donors (Lipinski definition) is 1. The Balaban J connectivity index is 2.36. The van der Waals surface area contributed by atoms with Gasteiger partial charge in [-0.2, -0.15) is 0 Å². The first-order valence-corrected chi connectivity index (χ1v) is 5.25. The lowest BCUT2D eigenvalue weighted by atomic mass is 10.1. The highest BCUT2D eigenvalue weighted by atomic mass is 16.2. The lowest BCUT2D eigenvalue weighted by molar-refractivity contribution is -0.130. The van der Waals surface area contributed by atoms with E-state index in [2.05, 4.69) is 5.32 Å². The summed E-state index contributed by atoms with van der Waals surface area (Å²) in [6.07, 6.45) is 0. The van der Waals surface area contributed by atoms with Gasteiger partial charge in [0.15, 0.2) is 5.78 Å². The van der Waals surface area contributed by atoms with E-state index in [0.29, 0.717) is 11.3 Å². The van der Waals surface area contributed by atoms with E-state index in [0.717, 1.165) is 0 Å². The van der Waals surface area contributed by atoms with Gasteiger partial charge in [0.2, 0.25) is 11.8 Å². The van der Waals surface area contributed by atoms with Crippen molar-refractivity contribution in [1.82, 2.24) is 5.32 Å². The fraction of sp³-hybridized carbons (Fsp3) is 0.250. The minimum Gasteiger partial charge on any atom is -0.352 e. The van der Waals surface area contributed by atoms with E-state index in [1.54, 1.807) is 29.2 Å². The molecule has 0 bridgehead atoms. The van der Waals surface area contributed by atoms with E-state index in [9.17, 15) is 14.4 Å². The van der Waals surface area contributed by atoms with Crippen LogP contribution in [0, 0.1) is 0 Å². The Labute approximate surface area is 98.4 Å². The molecule has 2 amide bonds. The molecule has 0 aromatic heterocycles. The summed E-state index contributed by atoms with van der Waals surface area (Å²) in [5.74, 6) is -0.779. The summed E-state index contributed by atoms with van der Waals surface area (Å²) in [7, 11) is 0. The van der Waals surface area contributed by atoms with Gasteiger partial charge >= 0.3 is 0 Å². The fourth-order valence-electron chi connectivity index (χ4n) is 1.85. The van der Waals surface area contributed by atoms with Crippen molar-refractivity contribution in [1.29, 1.82) is 0 Å². The number of imide groups is 1. The number of nitrogens with zero attached hydrogens (tertiary/aromatic N) is 1. The number of Topliss-reactive ketones (excluding diaryl/α,β-unsaturated/α-hetero) is 1. The largest absolute Gasteiger partial charge is 0.352 e. The van der Waals surface area contributed by atoms with Crippen LogP contribution < -0.4 is 10.2 Å². The molecule has 0 atom stereocenters. The van der Waals surface area contributed by atoms with Gasteiger partial charge in [0.1, 0.15) is 0 Å². The minimum absolute atomic E-state index is 0.0842. The highest BCUT2D eigenvalue weighted by molar-refractivity contribution is 6.05. The molecule has 0 radical (unpaired) electrons. The molecule has 1 heterocycles. The second kappa shape index (κ2) is 4.37. The lowest BCUT2D eigenvalue weighted by Gasteiger charge is -2.28. The Morgan fingerprint density at radius 2 is 1.76 bits per heavy atom. The van der Waals surface area contributed by atoms with Crippen LogP contribution in [0.5, 0.6) is 0 Å². The van der Waals surface area contributed by atoms with E-state index >= 15 is 0 Å². The number of hydrogen-bond acceptors (Lipinski definition) is 4. The van der Waals surface area contributed by atoms with Crippen molar-refractivity contribution in [2.45, 2.75) is 6.92 Å². The summed E-state index contributed by atoms with van der Waals surface area (Å²) >= 11 is 0. The second-order valence-corrected chi connectivity index (χ2v) is 3.90. The third-order valence-electron chi connectivity index (χ3n) is 2.57. The monoisotopic (exact) mass is 232 g/mol. The fourth-order valence-corrected chi connectivity index (χ4v) is 1.85. The third kappa shape index (κ3) is 2.33. The molecule has 1 aromatic rings. The zero-order valence-corrected chi connectivity index (χ0v) is 9.40. The summed E-state index contributed by atoms with van der Waals surface area (Å²) < 4.78 is 0. The van der Waals surface area contributed by atoms with Crippen molar-refractivity contribution in [3.05, 3.63) is 29.8 Å². The van der Waals surface area contributed by atoms with E-state index in [4.69, 9.17) is 0 Å². The molecule has 0 spiro atoms. The average molecular weight is 232 g/mol. The predicted molar refractivity (Wildman–Crippen MR) is 61.8 cm³/mol. The number of para-hydroxylation sites is 1. The molecule has 2 rings (SSSR count). The van der Waals surface area contributed by atoms with Gasteiger partial charge in [-0.3, -0.25) is 19.7 Å². The second-order valence-electron chi connectivity index (χ2n) is 3.90. The van der Waals surface area contributed by atoms with Gasteiger partial charge in [0.05, 0.1) is 13.1 Å². The molecule has 88 valence electrons. The smallest absolute Gasteiger partial charge is 0.246 e. The van der Waals surface area contributed by atoms with Crippen LogP contribution in [0.25, 0.3) is 0 Å². The van der Waals surface area contributed by atoms with Crippen LogP contribution in [-0.4, -0.2) is 30.7 Å². The van der Waals surface area contributed by atoms with E-state index < -0.39 is 0 Å². The number of ketones is 1. The number of carbonyl (C=O) groups is 3. The molecule has 5 heteroatoms. The highest BCUT2D eigenvalue weighted by Gasteiger charge is 2.24. The number of anilines is 1. The lowest BCUT2D eigenvalue weighted by Crippen LogP contribution is -2.51. The molecule has 1 fully saturated rings. The van der Waals surface area contributed by atoms with Gasteiger partial charge in [0.25, 0.3) is 0 Å². The Hall–Kier alpha value is -2.17. The zero-order valence-electron chi connectivity index (χ0n) is 9.40. The summed E-state index contributed by atoms with van der Waals surface area (Å²) in [5.41, 5.74) is 1.15. The predicted octanol–water partition coefficient (Wildman–Crippen LogP) is 0.352. The summed E-state index contributed by atoms with van der Waals surface area (Å²) in [5, 5.41) is 2.22. The molecule has 1 aromatic carbocycles. The Kier molecular flexibility index (Phi) is 2.91. The first-order valence-electron chi connectivity index (χ1n) is 5.25. The summed E-state index contributed by atoms with van der Waals surface area (Å²) in [6.45, 7) is 1.65. The van der Waals surface area contributed by atoms with E-state index in [-0.39, 0.29) is 30.7 Å². The number of nitrogens with one attached hydrogen (secondary N) is 1. The minimum atomic E-state index is -0.348. The van der Waals surface area contributed by atoms with Crippen LogP contribution in [0.4, 0.5) is 5.69 Å². The Morgan fingerprint density at radius 1 is 1.18 bits per heavy atom. The maximum absolute atomic E-state index is 11.5. The zero-order chi connectivity index (χ0) is 12.4. The summed E-state index contributed by atoms with van der Waals surface area (Å²) in [6, 6.07) is 6.96. The van der Waals surface area contributed by atoms with Gasteiger partial charge < -0.3 is 4.90 Å². The molecule has 0 unspecified atom stereocenters.